The number of hydrogen-bond donors (Lipinski definition) is 0. The fourth-order valence-electron chi connectivity index (χ4n) is 3.12. The van der Waals surface area contributed by atoms with Crippen molar-refractivity contribution in [1.29, 1.82) is 0 Å². The molecule has 0 spiro atoms. The Hall–Kier alpha value is -2.54. The fraction of sp³-hybridized carbons (Fsp3) is 0.444. The summed E-state index contributed by atoms with van der Waals surface area (Å²) in [4.78, 5) is 14.5. The lowest BCUT2D eigenvalue weighted by Crippen LogP contribution is -2.48. The highest BCUT2D eigenvalue weighted by molar-refractivity contribution is 5.85. The van der Waals surface area contributed by atoms with Gasteiger partial charge in [0.25, 0.3) is 5.91 Å². The van der Waals surface area contributed by atoms with E-state index in [4.69, 9.17) is 18.7 Å². The first kappa shape index (κ1) is 16.0. The maximum Gasteiger partial charge on any atom is 0.254 e. The van der Waals surface area contributed by atoms with Crippen LogP contribution in [0.2, 0.25) is 0 Å². The van der Waals surface area contributed by atoms with Crippen molar-refractivity contribution in [2.75, 3.05) is 20.4 Å². The van der Waals surface area contributed by atoms with Crippen LogP contribution in [0.3, 0.4) is 0 Å². The van der Waals surface area contributed by atoms with Crippen molar-refractivity contribution < 1.29 is 23.5 Å². The third-order valence-corrected chi connectivity index (χ3v) is 4.79. The summed E-state index contributed by atoms with van der Waals surface area (Å²) in [5.41, 5.74) is 1.70. The largest absolute Gasteiger partial charge is 0.454 e. The van der Waals surface area contributed by atoms with Crippen molar-refractivity contribution in [2.24, 2.45) is 0 Å². The zero-order chi connectivity index (χ0) is 17.6. The van der Waals surface area contributed by atoms with Gasteiger partial charge in [-0.2, -0.15) is 0 Å². The Kier molecular flexibility index (Phi) is 3.68. The van der Waals surface area contributed by atoms with Gasteiger partial charge in [0, 0.05) is 31.2 Å². The van der Waals surface area contributed by atoms with Crippen molar-refractivity contribution in [3.8, 4) is 22.8 Å². The van der Waals surface area contributed by atoms with Crippen LogP contribution in [0.15, 0.2) is 22.7 Å². The van der Waals surface area contributed by atoms with E-state index < -0.39 is 5.60 Å². The Morgan fingerprint density at radius 1 is 1.28 bits per heavy atom. The van der Waals surface area contributed by atoms with Crippen LogP contribution in [0, 0.1) is 0 Å². The molecule has 0 aliphatic carbocycles. The molecule has 2 aliphatic rings. The molecule has 0 fully saturated rings. The van der Waals surface area contributed by atoms with Crippen LogP contribution in [0.5, 0.6) is 11.5 Å². The maximum absolute atomic E-state index is 12.7. The van der Waals surface area contributed by atoms with E-state index in [1.807, 2.05) is 18.2 Å². The van der Waals surface area contributed by atoms with Crippen LogP contribution in [-0.4, -0.2) is 42.0 Å². The average molecular weight is 344 g/mol. The van der Waals surface area contributed by atoms with E-state index in [1.54, 1.807) is 25.9 Å². The minimum atomic E-state index is -0.854. The van der Waals surface area contributed by atoms with E-state index in [0.717, 1.165) is 28.3 Å². The molecule has 4 rings (SSSR count). The molecule has 2 aromatic rings. The number of nitrogens with zero attached hydrogens (tertiary/aromatic N) is 2. The number of benzene rings is 1. The Morgan fingerprint density at radius 2 is 2.08 bits per heavy atom. The molecular weight excluding hydrogens is 324 g/mol. The van der Waals surface area contributed by atoms with Crippen molar-refractivity contribution >= 4 is 5.91 Å². The molecule has 132 valence electrons. The number of carbonyl (C=O) groups is 1. The summed E-state index contributed by atoms with van der Waals surface area (Å²) in [5.74, 6) is 2.20. The molecule has 7 nitrogen and oxygen atoms in total. The van der Waals surface area contributed by atoms with Crippen LogP contribution in [0.4, 0.5) is 0 Å². The third-order valence-electron chi connectivity index (χ3n) is 4.79. The van der Waals surface area contributed by atoms with Crippen LogP contribution in [-0.2, 0) is 22.5 Å². The molecule has 0 bridgehead atoms. The highest BCUT2D eigenvalue weighted by Crippen LogP contribution is 2.38. The van der Waals surface area contributed by atoms with Crippen molar-refractivity contribution in [2.45, 2.75) is 32.4 Å². The number of methoxy groups -OCH3 is 1. The lowest BCUT2D eigenvalue weighted by molar-refractivity contribution is -0.152. The molecule has 1 aromatic heterocycles. The van der Waals surface area contributed by atoms with E-state index in [0.29, 0.717) is 25.3 Å². The zero-order valence-corrected chi connectivity index (χ0v) is 14.5. The van der Waals surface area contributed by atoms with Gasteiger partial charge in [0.15, 0.2) is 11.5 Å². The first-order chi connectivity index (χ1) is 12.0. The SMILES string of the molecule is COC(C)(C)C(=O)N1CCc2onc(-c3ccc4c(c3)OCO4)c2C1. The fourth-order valence-corrected chi connectivity index (χ4v) is 3.12. The number of aromatic nitrogens is 1. The quantitative estimate of drug-likeness (QED) is 0.851. The van der Waals surface area contributed by atoms with E-state index in [1.165, 1.54) is 0 Å². The number of hydrogen-bond acceptors (Lipinski definition) is 6. The Labute approximate surface area is 145 Å². The second-order valence-electron chi connectivity index (χ2n) is 6.69. The van der Waals surface area contributed by atoms with Crippen molar-refractivity contribution in [1.82, 2.24) is 10.1 Å². The van der Waals surface area contributed by atoms with Gasteiger partial charge in [-0.15, -0.1) is 0 Å². The van der Waals surface area contributed by atoms with E-state index >= 15 is 0 Å². The Balaban J connectivity index is 1.65. The van der Waals surface area contributed by atoms with Crippen LogP contribution in [0.25, 0.3) is 11.3 Å². The smallest absolute Gasteiger partial charge is 0.254 e. The Bertz CT molecular complexity index is 827. The van der Waals surface area contributed by atoms with Crippen molar-refractivity contribution in [3.63, 3.8) is 0 Å². The van der Waals surface area contributed by atoms with Gasteiger partial charge in [-0.25, -0.2) is 0 Å². The number of fused-ring (bicyclic) bond motifs is 2. The van der Waals surface area contributed by atoms with Gasteiger partial charge >= 0.3 is 0 Å². The molecule has 0 saturated heterocycles. The molecule has 0 saturated carbocycles. The van der Waals surface area contributed by atoms with Crippen molar-refractivity contribution in [3.05, 3.63) is 29.5 Å². The number of carbonyl (C=O) groups excluding carboxylic acids is 1. The normalized spacial score (nSPS) is 16.0. The molecule has 1 aromatic carbocycles. The summed E-state index contributed by atoms with van der Waals surface area (Å²) >= 11 is 0. The Morgan fingerprint density at radius 3 is 2.88 bits per heavy atom. The molecule has 0 radical (unpaired) electrons. The summed E-state index contributed by atoms with van der Waals surface area (Å²) in [6.45, 7) is 4.82. The van der Waals surface area contributed by atoms with Gasteiger partial charge < -0.3 is 23.6 Å². The average Bonchev–Trinajstić information content (AvgIpc) is 3.26. The van der Waals surface area contributed by atoms with Gasteiger partial charge in [0.05, 0.1) is 6.54 Å². The predicted octanol–water partition coefficient (Wildman–Crippen LogP) is 2.38. The van der Waals surface area contributed by atoms with E-state index in [-0.39, 0.29) is 12.7 Å². The second-order valence-corrected chi connectivity index (χ2v) is 6.69. The molecule has 0 N–H and O–H groups in total. The lowest BCUT2D eigenvalue weighted by Gasteiger charge is -2.33. The van der Waals surface area contributed by atoms with E-state index in [9.17, 15) is 4.79 Å². The highest BCUT2D eigenvalue weighted by atomic mass is 16.7. The van der Waals surface area contributed by atoms with Gasteiger partial charge in [-0.3, -0.25) is 4.79 Å². The van der Waals surface area contributed by atoms with Gasteiger partial charge in [-0.05, 0) is 32.0 Å². The molecule has 1 amide bonds. The molecule has 0 atom stereocenters. The topological polar surface area (TPSA) is 74.0 Å². The van der Waals surface area contributed by atoms with E-state index in [2.05, 4.69) is 5.16 Å². The molecule has 25 heavy (non-hydrogen) atoms. The first-order valence-corrected chi connectivity index (χ1v) is 8.21. The highest BCUT2D eigenvalue weighted by Gasteiger charge is 2.35. The maximum atomic E-state index is 12.7. The molecule has 0 unspecified atom stereocenters. The van der Waals surface area contributed by atoms with Crippen LogP contribution < -0.4 is 9.47 Å². The summed E-state index contributed by atoms with van der Waals surface area (Å²) in [6, 6.07) is 5.67. The van der Waals surface area contributed by atoms with Crippen LogP contribution >= 0.6 is 0 Å². The number of amides is 1. The molecular formula is C18H20N2O5. The second kappa shape index (κ2) is 5.77. The molecule has 7 heteroatoms. The monoisotopic (exact) mass is 344 g/mol. The van der Waals surface area contributed by atoms with Gasteiger partial charge in [0.2, 0.25) is 6.79 Å². The summed E-state index contributed by atoms with van der Waals surface area (Å²) in [7, 11) is 1.55. The summed E-state index contributed by atoms with van der Waals surface area (Å²) in [5, 5.41) is 4.23. The summed E-state index contributed by atoms with van der Waals surface area (Å²) < 4.78 is 21.6. The molecule has 2 aliphatic heterocycles. The minimum Gasteiger partial charge on any atom is -0.454 e. The van der Waals surface area contributed by atoms with Crippen LogP contribution in [0.1, 0.15) is 25.2 Å². The summed E-state index contributed by atoms with van der Waals surface area (Å²) in [6.07, 6.45) is 0.637. The number of ether oxygens (including phenoxy) is 3. The number of rotatable bonds is 3. The standard InChI is InChI=1S/C18H20N2O5/c1-18(2,22-3)17(21)20-7-6-13-12(9-20)16(19-25-13)11-4-5-14-15(8-11)24-10-23-14/h4-5,8H,6-7,9-10H2,1-3H3. The zero-order valence-electron chi connectivity index (χ0n) is 14.5. The third kappa shape index (κ3) is 2.64. The minimum absolute atomic E-state index is 0.0431. The first-order valence-electron chi connectivity index (χ1n) is 8.21. The molecule has 3 heterocycles. The van der Waals surface area contributed by atoms with Gasteiger partial charge in [0.1, 0.15) is 17.1 Å². The predicted molar refractivity (Wildman–Crippen MR) is 88.3 cm³/mol. The van der Waals surface area contributed by atoms with Gasteiger partial charge in [-0.1, -0.05) is 5.16 Å². The lowest BCUT2D eigenvalue weighted by atomic mass is 9.99.